The van der Waals surface area contributed by atoms with Crippen LogP contribution in [-0.4, -0.2) is 11.1 Å². The summed E-state index contributed by atoms with van der Waals surface area (Å²) in [5.74, 6) is -0.744. The fraction of sp³-hybridized carbons (Fsp3) is 0.300. The summed E-state index contributed by atoms with van der Waals surface area (Å²) in [5, 5.41) is 10.4. The van der Waals surface area contributed by atoms with E-state index in [1.807, 2.05) is 12.2 Å². The van der Waals surface area contributed by atoms with Gasteiger partial charge in [-0.15, -0.1) is 11.3 Å². The van der Waals surface area contributed by atoms with Crippen LogP contribution in [0.3, 0.4) is 0 Å². The number of carboxylic acids is 1. The first-order chi connectivity index (χ1) is 6.18. The maximum Gasteiger partial charge on any atom is 0.303 e. The van der Waals surface area contributed by atoms with Crippen molar-refractivity contribution in [2.45, 2.75) is 19.8 Å². The summed E-state index contributed by atoms with van der Waals surface area (Å²) >= 11 is 1.70. The third kappa shape index (κ3) is 3.90. The summed E-state index contributed by atoms with van der Waals surface area (Å²) in [4.78, 5) is 11.5. The number of rotatable bonds is 4. The van der Waals surface area contributed by atoms with Crippen LogP contribution in [0, 0.1) is 6.92 Å². The molecule has 0 aromatic carbocycles. The van der Waals surface area contributed by atoms with Crippen molar-refractivity contribution < 1.29 is 9.90 Å². The molecule has 0 radical (unpaired) electrons. The van der Waals surface area contributed by atoms with Crippen LogP contribution in [0.5, 0.6) is 0 Å². The Balaban J connectivity index is 2.36. The molecule has 0 amide bonds. The summed E-state index contributed by atoms with van der Waals surface area (Å²) in [5.41, 5.74) is 1.16. The highest BCUT2D eigenvalue weighted by atomic mass is 32.1. The van der Waals surface area contributed by atoms with Crippen LogP contribution in [0.25, 0.3) is 6.08 Å². The maximum atomic E-state index is 10.2. The Kier molecular flexibility index (Phi) is 3.71. The molecule has 0 aliphatic rings. The lowest BCUT2D eigenvalue weighted by atomic mass is 10.2. The van der Waals surface area contributed by atoms with Gasteiger partial charge in [-0.2, -0.15) is 0 Å². The standard InChI is InChI=1S/C10H12O2S/c1-8-6-9(7-13-8)4-2-3-5-10(11)12/h2,4,6-7H,3,5H2,1H3,(H,11,12)/b4-2+. The molecule has 0 saturated heterocycles. The Morgan fingerprint density at radius 2 is 2.46 bits per heavy atom. The van der Waals surface area contributed by atoms with Crippen LogP contribution in [0.15, 0.2) is 17.5 Å². The second-order valence-electron chi connectivity index (χ2n) is 2.83. The third-order valence-corrected chi connectivity index (χ3v) is 2.47. The van der Waals surface area contributed by atoms with E-state index >= 15 is 0 Å². The molecule has 1 aromatic rings. The van der Waals surface area contributed by atoms with Crippen molar-refractivity contribution in [3.05, 3.63) is 28.0 Å². The smallest absolute Gasteiger partial charge is 0.303 e. The molecule has 0 unspecified atom stereocenters. The molecule has 3 heteroatoms. The summed E-state index contributed by atoms with van der Waals surface area (Å²) < 4.78 is 0. The van der Waals surface area contributed by atoms with Gasteiger partial charge in [-0.05, 0) is 30.4 Å². The quantitative estimate of drug-likeness (QED) is 0.803. The molecule has 1 rings (SSSR count). The highest BCUT2D eigenvalue weighted by Gasteiger charge is 1.93. The summed E-state index contributed by atoms with van der Waals surface area (Å²) in [7, 11) is 0. The second kappa shape index (κ2) is 4.82. The zero-order valence-corrected chi connectivity index (χ0v) is 8.30. The molecule has 1 heterocycles. The number of aliphatic carboxylic acids is 1. The van der Waals surface area contributed by atoms with E-state index in [9.17, 15) is 4.79 Å². The minimum atomic E-state index is -0.744. The van der Waals surface area contributed by atoms with E-state index < -0.39 is 5.97 Å². The maximum absolute atomic E-state index is 10.2. The average molecular weight is 196 g/mol. The van der Waals surface area contributed by atoms with E-state index in [2.05, 4.69) is 18.4 Å². The first-order valence-electron chi connectivity index (χ1n) is 4.12. The number of aryl methyl sites for hydroxylation is 1. The number of allylic oxidation sites excluding steroid dienone is 1. The molecule has 2 nitrogen and oxygen atoms in total. The number of carboxylic acid groups (broad SMARTS) is 1. The SMILES string of the molecule is Cc1cc(/C=C/CCC(=O)O)cs1. The van der Waals surface area contributed by atoms with Crippen molar-refractivity contribution in [2.24, 2.45) is 0 Å². The van der Waals surface area contributed by atoms with E-state index in [1.54, 1.807) is 11.3 Å². The van der Waals surface area contributed by atoms with Crippen LogP contribution in [-0.2, 0) is 4.79 Å². The average Bonchev–Trinajstić information content (AvgIpc) is 2.45. The Hall–Kier alpha value is -1.09. The molecule has 70 valence electrons. The Morgan fingerprint density at radius 1 is 1.69 bits per heavy atom. The van der Waals surface area contributed by atoms with Crippen molar-refractivity contribution in [2.75, 3.05) is 0 Å². The van der Waals surface area contributed by atoms with Crippen LogP contribution in [0.1, 0.15) is 23.3 Å². The molecule has 13 heavy (non-hydrogen) atoms. The molecule has 0 aliphatic carbocycles. The molecule has 0 aliphatic heterocycles. The topological polar surface area (TPSA) is 37.3 Å². The van der Waals surface area contributed by atoms with Crippen LogP contribution < -0.4 is 0 Å². The van der Waals surface area contributed by atoms with Gasteiger partial charge in [-0.1, -0.05) is 12.2 Å². The lowest BCUT2D eigenvalue weighted by Crippen LogP contribution is -1.91. The van der Waals surface area contributed by atoms with Crippen LogP contribution in [0.2, 0.25) is 0 Å². The van der Waals surface area contributed by atoms with Gasteiger partial charge < -0.3 is 5.11 Å². The van der Waals surface area contributed by atoms with Gasteiger partial charge >= 0.3 is 5.97 Å². The van der Waals surface area contributed by atoms with Gasteiger partial charge in [-0.3, -0.25) is 4.79 Å². The van der Waals surface area contributed by atoms with Gasteiger partial charge in [0.25, 0.3) is 0 Å². The van der Waals surface area contributed by atoms with Crippen LogP contribution >= 0.6 is 11.3 Å². The van der Waals surface area contributed by atoms with Gasteiger partial charge in [0.05, 0.1) is 0 Å². The highest BCUT2D eigenvalue weighted by Crippen LogP contribution is 2.14. The molecule has 0 fully saturated rings. The van der Waals surface area contributed by atoms with Gasteiger partial charge in [0.2, 0.25) is 0 Å². The van der Waals surface area contributed by atoms with Gasteiger partial charge in [0.15, 0.2) is 0 Å². The fourth-order valence-corrected chi connectivity index (χ4v) is 1.65. The number of carbonyl (C=O) groups is 1. The third-order valence-electron chi connectivity index (χ3n) is 1.59. The van der Waals surface area contributed by atoms with Crippen molar-refractivity contribution in [1.82, 2.24) is 0 Å². The largest absolute Gasteiger partial charge is 0.481 e. The molecular weight excluding hydrogens is 184 g/mol. The molecule has 1 aromatic heterocycles. The molecule has 0 saturated carbocycles. The van der Waals surface area contributed by atoms with E-state index in [0.29, 0.717) is 6.42 Å². The normalized spacial score (nSPS) is 10.8. The van der Waals surface area contributed by atoms with Gasteiger partial charge in [-0.25, -0.2) is 0 Å². The summed E-state index contributed by atoms with van der Waals surface area (Å²) in [6, 6.07) is 2.09. The number of hydrogen-bond acceptors (Lipinski definition) is 2. The number of thiophene rings is 1. The molecule has 0 spiro atoms. The Labute approximate surface area is 81.5 Å². The number of hydrogen-bond donors (Lipinski definition) is 1. The molecule has 0 atom stereocenters. The van der Waals surface area contributed by atoms with E-state index in [-0.39, 0.29) is 6.42 Å². The lowest BCUT2D eigenvalue weighted by molar-refractivity contribution is -0.136. The minimum Gasteiger partial charge on any atom is -0.481 e. The zero-order chi connectivity index (χ0) is 9.68. The van der Waals surface area contributed by atoms with E-state index in [0.717, 1.165) is 5.56 Å². The van der Waals surface area contributed by atoms with E-state index in [4.69, 9.17) is 5.11 Å². The summed E-state index contributed by atoms with van der Waals surface area (Å²) in [6.45, 7) is 2.05. The molecular formula is C10H12O2S. The molecule has 0 bridgehead atoms. The predicted octanol–water partition coefficient (Wildman–Crippen LogP) is 2.93. The monoisotopic (exact) mass is 196 g/mol. The lowest BCUT2D eigenvalue weighted by Gasteiger charge is -1.86. The summed E-state index contributed by atoms with van der Waals surface area (Å²) in [6.07, 6.45) is 4.67. The minimum absolute atomic E-state index is 0.208. The van der Waals surface area contributed by atoms with E-state index in [1.165, 1.54) is 4.88 Å². The zero-order valence-electron chi connectivity index (χ0n) is 7.49. The second-order valence-corrected chi connectivity index (χ2v) is 3.94. The van der Waals surface area contributed by atoms with Crippen LogP contribution in [0.4, 0.5) is 0 Å². The van der Waals surface area contributed by atoms with Crippen molar-refractivity contribution in [1.29, 1.82) is 0 Å². The first-order valence-corrected chi connectivity index (χ1v) is 5.00. The van der Waals surface area contributed by atoms with Gasteiger partial charge in [0, 0.05) is 11.3 Å². The van der Waals surface area contributed by atoms with Crippen molar-refractivity contribution in [3.8, 4) is 0 Å². The van der Waals surface area contributed by atoms with Crippen molar-refractivity contribution in [3.63, 3.8) is 0 Å². The van der Waals surface area contributed by atoms with Crippen molar-refractivity contribution >= 4 is 23.4 Å². The van der Waals surface area contributed by atoms with Gasteiger partial charge in [0.1, 0.15) is 0 Å². The Morgan fingerprint density at radius 3 is 3.00 bits per heavy atom. The predicted molar refractivity (Wildman–Crippen MR) is 55.0 cm³/mol. The molecule has 1 N–H and O–H groups in total. The Bertz CT molecular complexity index is 312. The fourth-order valence-electron chi connectivity index (χ4n) is 0.977. The highest BCUT2D eigenvalue weighted by molar-refractivity contribution is 7.10. The first kappa shape index (κ1) is 9.99.